The van der Waals surface area contributed by atoms with Gasteiger partial charge in [-0.1, -0.05) is 0 Å². The van der Waals surface area contributed by atoms with Gasteiger partial charge in [-0.3, -0.25) is 0 Å². The average Bonchev–Trinajstić information content (AvgIpc) is 1.68. The number of likely N-dealkylation sites (N-methyl/N-ethyl adjacent to an activating group) is 1. The van der Waals surface area contributed by atoms with Crippen LogP contribution >= 0.6 is 0 Å². The molecule has 0 bridgehead atoms. The highest BCUT2D eigenvalue weighted by Gasteiger charge is 1.88. The highest BCUT2D eigenvalue weighted by atomic mass is 16.7. The maximum Gasteiger partial charge on any atom is 0.141 e. The number of aldehydes is 1. The van der Waals surface area contributed by atoms with E-state index in [0.29, 0.717) is 6.29 Å². The molecule has 0 spiro atoms. The molecule has 0 aromatic carbocycles. The van der Waals surface area contributed by atoms with Crippen LogP contribution in [0.2, 0.25) is 0 Å². The molecule has 0 aromatic heterocycles. The Morgan fingerprint density at radius 3 is 2.43 bits per heavy atom. The van der Waals surface area contributed by atoms with Gasteiger partial charge in [-0.15, -0.1) is 0 Å². The number of hydroxylamine groups is 2. The van der Waals surface area contributed by atoms with Crippen molar-refractivity contribution < 1.29 is 9.63 Å². The zero-order valence-corrected chi connectivity index (χ0v) is 4.42. The van der Waals surface area contributed by atoms with E-state index in [9.17, 15) is 4.79 Å². The van der Waals surface area contributed by atoms with Gasteiger partial charge in [0, 0.05) is 7.05 Å². The van der Waals surface area contributed by atoms with Crippen molar-refractivity contribution in [2.24, 2.45) is 0 Å². The number of carbonyl (C=O) groups is 1. The van der Waals surface area contributed by atoms with Crippen LogP contribution in [0.15, 0.2) is 0 Å². The van der Waals surface area contributed by atoms with Gasteiger partial charge in [0.1, 0.15) is 12.8 Å². The topological polar surface area (TPSA) is 29.5 Å². The molecule has 0 aliphatic heterocycles. The van der Waals surface area contributed by atoms with E-state index in [1.165, 1.54) is 18.7 Å². The Balaban J connectivity index is 2.98. The fraction of sp³-hybridized carbons (Fsp3) is 0.500. The van der Waals surface area contributed by atoms with Crippen LogP contribution in [-0.4, -0.2) is 25.5 Å². The van der Waals surface area contributed by atoms with Crippen molar-refractivity contribution in [3.8, 4) is 0 Å². The van der Waals surface area contributed by atoms with E-state index >= 15 is 0 Å². The first kappa shape index (κ1) is 6.59. The third-order valence-corrected chi connectivity index (χ3v) is 0.559. The molecule has 0 rings (SSSR count). The Labute approximate surface area is 42.8 Å². The van der Waals surface area contributed by atoms with Crippen LogP contribution < -0.4 is 0 Å². The van der Waals surface area contributed by atoms with E-state index in [0.717, 1.165) is 0 Å². The highest BCUT2D eigenvalue weighted by molar-refractivity contribution is 5.59. The lowest BCUT2D eigenvalue weighted by Crippen LogP contribution is -2.12. The minimum Gasteiger partial charge on any atom is -0.302 e. The first-order valence-corrected chi connectivity index (χ1v) is 1.87. The molecule has 0 unspecified atom stereocenters. The molecule has 0 N–H and O–H groups in total. The molecule has 0 saturated heterocycles. The molecule has 0 fully saturated rings. The van der Waals surface area contributed by atoms with E-state index in [4.69, 9.17) is 0 Å². The van der Waals surface area contributed by atoms with Crippen molar-refractivity contribution in [3.63, 3.8) is 0 Å². The third kappa shape index (κ3) is 3.42. The summed E-state index contributed by atoms with van der Waals surface area (Å²) in [4.78, 5) is 14.1. The maximum atomic E-state index is 9.60. The lowest BCUT2D eigenvalue weighted by Gasteiger charge is -2.05. The summed E-state index contributed by atoms with van der Waals surface area (Å²) in [7, 11) is 3.12. The van der Waals surface area contributed by atoms with Gasteiger partial charge in [0.25, 0.3) is 0 Å². The van der Waals surface area contributed by atoms with Gasteiger partial charge in [-0.05, 0) is 0 Å². The zero-order valence-electron chi connectivity index (χ0n) is 4.42. The first-order chi connectivity index (χ1) is 3.31. The summed E-state index contributed by atoms with van der Waals surface area (Å²) in [5.41, 5.74) is 0. The van der Waals surface area contributed by atoms with Gasteiger partial charge in [-0.2, -0.15) is 5.06 Å². The summed E-state index contributed by atoms with van der Waals surface area (Å²) in [5.74, 6) is 0. The van der Waals surface area contributed by atoms with Crippen molar-refractivity contribution in [1.82, 2.24) is 5.06 Å². The minimum atomic E-state index is 0.656. The van der Waals surface area contributed by atoms with Gasteiger partial charge in [-0.25, -0.2) is 0 Å². The van der Waals surface area contributed by atoms with Gasteiger partial charge in [0.05, 0.1) is 7.11 Å². The molecule has 0 amide bonds. The monoisotopic (exact) mass is 102 g/mol. The van der Waals surface area contributed by atoms with Gasteiger partial charge < -0.3 is 9.63 Å². The summed E-state index contributed by atoms with van der Waals surface area (Å²) in [6.07, 6.45) is 0.656. The second-order valence-corrected chi connectivity index (χ2v) is 1.01. The molecule has 0 aliphatic rings. The second kappa shape index (κ2) is 3.77. The molecule has 0 aromatic rings. The van der Waals surface area contributed by atoms with Crippen LogP contribution in [0.5, 0.6) is 0 Å². The quantitative estimate of drug-likeness (QED) is 0.366. The Morgan fingerprint density at radius 2 is 2.29 bits per heavy atom. The predicted octanol–water partition coefficient (Wildman–Crippen LogP) is -0.160. The van der Waals surface area contributed by atoms with E-state index in [-0.39, 0.29) is 0 Å². The molecule has 0 atom stereocenters. The molecule has 41 valence electrons. The molecular weight excluding hydrogens is 94.0 g/mol. The number of hydrogen-bond acceptors (Lipinski definition) is 3. The Kier molecular flexibility index (Phi) is 3.55. The Bertz CT molecular complexity index is 55.7. The normalized spacial score (nSPS) is 9.57. The predicted molar refractivity (Wildman–Crippen MR) is 25.1 cm³/mol. The summed E-state index contributed by atoms with van der Waals surface area (Å²) >= 11 is 0. The minimum absolute atomic E-state index is 0.656. The van der Waals surface area contributed by atoms with Crippen LogP contribution in [-0.2, 0) is 9.63 Å². The van der Waals surface area contributed by atoms with Crippen LogP contribution in [0.25, 0.3) is 0 Å². The van der Waals surface area contributed by atoms with E-state index in [1.807, 2.05) is 0 Å². The summed E-state index contributed by atoms with van der Waals surface area (Å²) < 4.78 is 0. The lowest BCUT2D eigenvalue weighted by atomic mass is 10.7. The van der Waals surface area contributed by atoms with Gasteiger partial charge >= 0.3 is 0 Å². The summed E-state index contributed by atoms with van der Waals surface area (Å²) in [6.45, 7) is 1.28. The molecule has 0 saturated carbocycles. The van der Waals surface area contributed by atoms with Crippen molar-refractivity contribution in [2.75, 3.05) is 14.2 Å². The molecule has 7 heavy (non-hydrogen) atoms. The molecule has 3 nitrogen and oxygen atoms in total. The number of rotatable bonds is 3. The maximum absolute atomic E-state index is 9.60. The molecule has 1 radical (unpaired) electrons. The van der Waals surface area contributed by atoms with E-state index in [2.05, 4.69) is 4.84 Å². The fourth-order valence-corrected chi connectivity index (χ4v) is 0.147. The second-order valence-electron chi connectivity index (χ2n) is 1.01. The van der Waals surface area contributed by atoms with Crippen molar-refractivity contribution in [2.45, 2.75) is 0 Å². The van der Waals surface area contributed by atoms with Crippen molar-refractivity contribution in [1.29, 1.82) is 0 Å². The van der Waals surface area contributed by atoms with Crippen LogP contribution in [0, 0.1) is 6.54 Å². The molecule has 0 heterocycles. The summed E-state index contributed by atoms with van der Waals surface area (Å²) in [5, 5.41) is 1.31. The van der Waals surface area contributed by atoms with Crippen molar-refractivity contribution in [3.05, 3.63) is 6.54 Å². The Hall–Kier alpha value is -0.410. The first-order valence-electron chi connectivity index (χ1n) is 1.87. The molecular formula is C4H8NO2. The lowest BCUT2D eigenvalue weighted by molar-refractivity contribution is -0.118. The number of nitrogens with zero attached hydrogens (tertiary/aromatic N) is 1. The standard InChI is InChI=1S/C4H8NO2/c1-5(7-2)3-4-6/h3-4H,1-2H3. The third-order valence-electron chi connectivity index (χ3n) is 0.559. The number of carbonyl (C=O) groups excluding carboxylic acids is 1. The zero-order chi connectivity index (χ0) is 5.70. The van der Waals surface area contributed by atoms with Crippen molar-refractivity contribution >= 4 is 6.29 Å². The van der Waals surface area contributed by atoms with E-state index < -0.39 is 0 Å². The highest BCUT2D eigenvalue weighted by Crippen LogP contribution is 1.79. The van der Waals surface area contributed by atoms with Gasteiger partial charge in [0.2, 0.25) is 0 Å². The number of hydrogen-bond donors (Lipinski definition) is 0. The average molecular weight is 102 g/mol. The summed E-state index contributed by atoms with van der Waals surface area (Å²) in [6, 6.07) is 0. The molecule has 0 aliphatic carbocycles. The van der Waals surface area contributed by atoms with Gasteiger partial charge in [0.15, 0.2) is 0 Å². The van der Waals surface area contributed by atoms with Crippen LogP contribution in [0.4, 0.5) is 0 Å². The Morgan fingerprint density at radius 1 is 1.71 bits per heavy atom. The SMILES string of the molecule is CON(C)[CH]C=O. The van der Waals surface area contributed by atoms with E-state index in [1.54, 1.807) is 7.05 Å². The van der Waals surface area contributed by atoms with Crippen LogP contribution in [0.3, 0.4) is 0 Å². The molecule has 3 heteroatoms. The van der Waals surface area contributed by atoms with Crippen LogP contribution in [0.1, 0.15) is 0 Å². The fourth-order valence-electron chi connectivity index (χ4n) is 0.147. The smallest absolute Gasteiger partial charge is 0.141 e. The largest absolute Gasteiger partial charge is 0.302 e.